The summed E-state index contributed by atoms with van der Waals surface area (Å²) in [5.41, 5.74) is 0.807. The fraction of sp³-hybridized carbons (Fsp3) is 0.0667. The van der Waals surface area contributed by atoms with Crippen LogP contribution in [0.3, 0.4) is 0 Å². The largest absolute Gasteiger partial charge is 0.325 e. The minimum Gasteiger partial charge on any atom is -0.325 e. The number of carbonyl (C=O) groups excluding carboxylic acids is 2. The van der Waals surface area contributed by atoms with Crippen molar-refractivity contribution in [2.75, 3.05) is 16.5 Å². The van der Waals surface area contributed by atoms with E-state index in [0.29, 0.717) is 11.2 Å². The third-order valence-electron chi connectivity index (χ3n) is 3.24. The molecule has 3 aromatic rings. The van der Waals surface area contributed by atoms with Gasteiger partial charge in [-0.3, -0.25) is 9.59 Å². The maximum absolute atomic E-state index is 14.0. The lowest BCUT2D eigenvalue weighted by atomic mass is 10.2. The number of hydrogen-bond acceptors (Lipinski definition) is 4. The molecular formula is C15H10Cl2FN5O2. The summed E-state index contributed by atoms with van der Waals surface area (Å²) in [6.07, 6.45) is 4.15. The molecule has 2 heterocycles. The third kappa shape index (κ3) is 3.70. The van der Waals surface area contributed by atoms with E-state index in [4.69, 9.17) is 23.2 Å². The Bertz CT molecular complexity index is 976. The zero-order valence-electron chi connectivity index (χ0n) is 12.5. The number of rotatable bonds is 4. The summed E-state index contributed by atoms with van der Waals surface area (Å²) in [6, 6.07) is 3.77. The molecule has 2 N–H and O–H groups in total. The fourth-order valence-electron chi connectivity index (χ4n) is 2.12. The summed E-state index contributed by atoms with van der Waals surface area (Å²) in [5.74, 6) is -1.93. The minimum atomic E-state index is -0.658. The molecule has 7 nitrogen and oxygen atoms in total. The molecule has 0 bridgehead atoms. The highest BCUT2D eigenvalue weighted by atomic mass is 35.5. The Hall–Kier alpha value is -2.71. The van der Waals surface area contributed by atoms with Gasteiger partial charge in [0.2, 0.25) is 5.91 Å². The van der Waals surface area contributed by atoms with Gasteiger partial charge in [-0.25, -0.2) is 13.9 Å². The van der Waals surface area contributed by atoms with Gasteiger partial charge < -0.3 is 10.6 Å². The van der Waals surface area contributed by atoms with Gasteiger partial charge in [0, 0.05) is 5.69 Å². The molecule has 10 heteroatoms. The maximum atomic E-state index is 14.0. The first-order chi connectivity index (χ1) is 12.0. The third-order valence-corrected chi connectivity index (χ3v) is 3.68. The molecule has 2 amide bonds. The summed E-state index contributed by atoms with van der Waals surface area (Å²) in [7, 11) is 0. The highest BCUT2D eigenvalue weighted by Gasteiger charge is 2.16. The van der Waals surface area contributed by atoms with Gasteiger partial charge in [-0.05, 0) is 18.2 Å². The lowest BCUT2D eigenvalue weighted by Gasteiger charge is -2.09. The highest BCUT2D eigenvalue weighted by Crippen LogP contribution is 2.21. The standard InChI is InChI=1S/C15H10Cl2FN5O2/c16-4-14(24)21-8-1-2-10(18)11(3-8)22-15(25)9-5-20-23-7-13(17)19-6-12(9)23/h1-3,5-7H,4H2,(H,21,24)(H,22,25). The van der Waals surface area contributed by atoms with Gasteiger partial charge in [0.15, 0.2) is 0 Å². The Labute approximate surface area is 150 Å². The van der Waals surface area contributed by atoms with Crippen LogP contribution >= 0.6 is 23.2 Å². The van der Waals surface area contributed by atoms with Crippen LogP contribution in [-0.4, -0.2) is 32.3 Å². The number of anilines is 2. The number of benzene rings is 1. The van der Waals surface area contributed by atoms with Crippen molar-refractivity contribution in [2.24, 2.45) is 0 Å². The number of nitrogens with zero attached hydrogens (tertiary/aromatic N) is 3. The maximum Gasteiger partial charge on any atom is 0.259 e. The fourth-order valence-corrected chi connectivity index (χ4v) is 2.33. The Balaban J connectivity index is 1.87. The van der Waals surface area contributed by atoms with E-state index in [-0.39, 0.29) is 22.3 Å². The number of hydrogen-bond donors (Lipinski definition) is 2. The molecule has 0 saturated carbocycles. The topological polar surface area (TPSA) is 88.4 Å². The van der Waals surface area contributed by atoms with Crippen molar-refractivity contribution in [3.05, 3.63) is 53.3 Å². The van der Waals surface area contributed by atoms with Gasteiger partial charge in [-0.2, -0.15) is 5.10 Å². The molecule has 1 aromatic carbocycles. The van der Waals surface area contributed by atoms with Crippen LogP contribution in [0.4, 0.5) is 15.8 Å². The second-order valence-electron chi connectivity index (χ2n) is 4.93. The van der Waals surface area contributed by atoms with Crippen LogP contribution in [0.25, 0.3) is 5.52 Å². The SMILES string of the molecule is O=C(CCl)Nc1ccc(F)c(NC(=O)c2cnn3cc(Cl)ncc23)c1. The summed E-state index contributed by atoms with van der Waals surface area (Å²) in [4.78, 5) is 27.6. The first kappa shape index (κ1) is 17.1. The van der Waals surface area contributed by atoms with Crippen molar-refractivity contribution < 1.29 is 14.0 Å². The van der Waals surface area contributed by atoms with E-state index in [1.165, 1.54) is 35.2 Å². The zero-order valence-corrected chi connectivity index (χ0v) is 14.0. The smallest absolute Gasteiger partial charge is 0.259 e. The number of fused-ring (bicyclic) bond motifs is 1. The van der Waals surface area contributed by atoms with Crippen molar-refractivity contribution in [2.45, 2.75) is 0 Å². The lowest BCUT2D eigenvalue weighted by molar-refractivity contribution is -0.113. The van der Waals surface area contributed by atoms with Gasteiger partial charge in [0.25, 0.3) is 5.91 Å². The molecule has 0 spiro atoms. The van der Waals surface area contributed by atoms with Crippen LogP contribution in [0.5, 0.6) is 0 Å². The molecular weight excluding hydrogens is 372 g/mol. The Morgan fingerprint density at radius 2 is 2.04 bits per heavy atom. The average molecular weight is 382 g/mol. The first-order valence-electron chi connectivity index (χ1n) is 6.93. The quantitative estimate of drug-likeness (QED) is 0.680. The second-order valence-corrected chi connectivity index (χ2v) is 5.58. The normalized spacial score (nSPS) is 10.7. The van der Waals surface area contributed by atoms with E-state index >= 15 is 0 Å². The van der Waals surface area contributed by atoms with E-state index < -0.39 is 17.6 Å². The average Bonchev–Trinajstić information content (AvgIpc) is 3.00. The lowest BCUT2D eigenvalue weighted by Crippen LogP contribution is -2.15. The number of carbonyl (C=O) groups is 2. The van der Waals surface area contributed by atoms with Crippen LogP contribution in [0.15, 0.2) is 36.8 Å². The predicted molar refractivity (Wildman–Crippen MR) is 91.7 cm³/mol. The minimum absolute atomic E-state index is 0.0985. The monoisotopic (exact) mass is 381 g/mol. The van der Waals surface area contributed by atoms with Crippen LogP contribution in [0, 0.1) is 5.82 Å². The number of amides is 2. The Morgan fingerprint density at radius 1 is 1.24 bits per heavy atom. The van der Waals surface area contributed by atoms with Crippen molar-refractivity contribution in [1.82, 2.24) is 14.6 Å². The van der Waals surface area contributed by atoms with Gasteiger partial charge in [0.1, 0.15) is 16.9 Å². The predicted octanol–water partition coefficient (Wildman–Crippen LogP) is 2.95. The second kappa shape index (κ2) is 7.04. The molecule has 0 aliphatic rings. The van der Waals surface area contributed by atoms with Crippen molar-refractivity contribution >= 4 is 51.9 Å². The first-order valence-corrected chi connectivity index (χ1v) is 7.85. The number of halogens is 3. The molecule has 0 aliphatic heterocycles. The van der Waals surface area contributed by atoms with Gasteiger partial charge in [-0.15, -0.1) is 11.6 Å². The number of alkyl halides is 1. The number of aromatic nitrogens is 3. The van der Waals surface area contributed by atoms with E-state index in [0.717, 1.165) is 6.07 Å². The molecule has 0 aliphatic carbocycles. The van der Waals surface area contributed by atoms with Crippen LogP contribution < -0.4 is 10.6 Å². The van der Waals surface area contributed by atoms with Crippen molar-refractivity contribution in [1.29, 1.82) is 0 Å². The molecule has 0 fully saturated rings. The number of nitrogens with one attached hydrogen (secondary N) is 2. The van der Waals surface area contributed by atoms with E-state index in [9.17, 15) is 14.0 Å². The molecule has 3 rings (SSSR count). The summed E-state index contributed by atoms with van der Waals surface area (Å²) >= 11 is 11.2. The van der Waals surface area contributed by atoms with Crippen LogP contribution in [0.2, 0.25) is 5.15 Å². The van der Waals surface area contributed by atoms with Crippen molar-refractivity contribution in [3.8, 4) is 0 Å². The zero-order chi connectivity index (χ0) is 18.0. The highest BCUT2D eigenvalue weighted by molar-refractivity contribution is 6.29. The van der Waals surface area contributed by atoms with Crippen LogP contribution in [0.1, 0.15) is 10.4 Å². The molecule has 0 saturated heterocycles. The summed E-state index contributed by atoms with van der Waals surface area (Å²) < 4.78 is 15.3. The molecule has 0 radical (unpaired) electrons. The summed E-state index contributed by atoms with van der Waals surface area (Å²) in [5, 5.41) is 9.13. The van der Waals surface area contributed by atoms with Crippen LogP contribution in [-0.2, 0) is 4.79 Å². The van der Waals surface area contributed by atoms with Gasteiger partial charge >= 0.3 is 0 Å². The molecule has 0 unspecified atom stereocenters. The summed E-state index contributed by atoms with van der Waals surface area (Å²) in [6.45, 7) is 0. The Kier molecular flexibility index (Phi) is 4.82. The van der Waals surface area contributed by atoms with Gasteiger partial charge in [0.05, 0.1) is 35.4 Å². The van der Waals surface area contributed by atoms with Crippen molar-refractivity contribution in [3.63, 3.8) is 0 Å². The molecule has 0 atom stereocenters. The molecule has 2 aromatic heterocycles. The molecule has 25 heavy (non-hydrogen) atoms. The van der Waals surface area contributed by atoms with Gasteiger partial charge in [-0.1, -0.05) is 11.6 Å². The molecule has 128 valence electrons. The Morgan fingerprint density at radius 3 is 2.80 bits per heavy atom. The van der Waals surface area contributed by atoms with E-state index in [1.807, 2.05) is 0 Å². The van der Waals surface area contributed by atoms with E-state index in [2.05, 4.69) is 20.7 Å². The van der Waals surface area contributed by atoms with E-state index in [1.54, 1.807) is 0 Å².